The summed E-state index contributed by atoms with van der Waals surface area (Å²) in [5.74, 6) is 0.727. The first-order valence-corrected chi connectivity index (χ1v) is 8.16. The van der Waals surface area contributed by atoms with Gasteiger partial charge in [-0.2, -0.15) is 4.98 Å². The van der Waals surface area contributed by atoms with Gasteiger partial charge in [0.2, 0.25) is 11.7 Å². The maximum atomic E-state index is 13.3. The van der Waals surface area contributed by atoms with Gasteiger partial charge in [-0.25, -0.2) is 4.39 Å². The Labute approximate surface area is 139 Å². The van der Waals surface area contributed by atoms with Crippen LogP contribution in [0.5, 0.6) is 0 Å². The van der Waals surface area contributed by atoms with Crippen molar-refractivity contribution in [3.05, 3.63) is 71.4 Å². The average Bonchev–Trinajstić information content (AvgIpc) is 3.09. The van der Waals surface area contributed by atoms with E-state index < -0.39 is 0 Å². The summed E-state index contributed by atoms with van der Waals surface area (Å²) in [5, 5.41) is 7.51. The highest BCUT2D eigenvalue weighted by atomic mass is 19.1. The summed E-state index contributed by atoms with van der Waals surface area (Å²) in [6, 6.07) is 15.2. The van der Waals surface area contributed by atoms with Crippen LogP contribution in [-0.4, -0.2) is 16.2 Å². The maximum Gasteiger partial charge on any atom is 0.227 e. The van der Waals surface area contributed by atoms with Crippen LogP contribution in [0.1, 0.15) is 23.4 Å². The molecule has 2 heterocycles. The third kappa shape index (κ3) is 3.21. The first kappa shape index (κ1) is 15.0. The Morgan fingerprint density at radius 1 is 1.12 bits per heavy atom. The van der Waals surface area contributed by atoms with Crippen molar-refractivity contribution in [1.29, 1.82) is 0 Å². The largest absolute Gasteiger partial charge is 0.339 e. The van der Waals surface area contributed by atoms with Crippen LogP contribution in [0.15, 0.2) is 53.1 Å². The van der Waals surface area contributed by atoms with E-state index in [1.165, 1.54) is 23.3 Å². The highest BCUT2D eigenvalue weighted by molar-refractivity contribution is 5.53. The van der Waals surface area contributed by atoms with Gasteiger partial charge in [0.15, 0.2) is 0 Å². The Balaban J connectivity index is 1.39. The summed E-state index contributed by atoms with van der Waals surface area (Å²) in [6.45, 7) is 0.902. The van der Waals surface area contributed by atoms with E-state index >= 15 is 0 Å². The van der Waals surface area contributed by atoms with Crippen LogP contribution in [-0.2, 0) is 19.4 Å². The molecule has 1 atom stereocenters. The number of nitrogens with zero attached hydrogens (tertiary/aromatic N) is 2. The van der Waals surface area contributed by atoms with E-state index in [1.54, 1.807) is 12.1 Å². The van der Waals surface area contributed by atoms with Gasteiger partial charge in [-0.3, -0.25) is 0 Å². The molecular weight excluding hydrogens is 305 g/mol. The standard InChI is InChI=1S/C19H18FN3O/c20-16-7-3-6-14(10-16)19-22-18(24-23-19)9-8-17-11-13-4-1-2-5-15(13)12-21-17/h1-7,10,17,21H,8-9,11-12H2. The fourth-order valence-corrected chi connectivity index (χ4v) is 3.12. The quantitative estimate of drug-likeness (QED) is 0.798. The number of hydrogen-bond acceptors (Lipinski definition) is 4. The molecule has 4 nitrogen and oxygen atoms in total. The molecule has 1 N–H and O–H groups in total. The van der Waals surface area contributed by atoms with E-state index in [4.69, 9.17) is 4.52 Å². The van der Waals surface area contributed by atoms with Crippen LogP contribution in [0.4, 0.5) is 4.39 Å². The molecule has 2 aromatic carbocycles. The van der Waals surface area contributed by atoms with Gasteiger partial charge >= 0.3 is 0 Å². The zero-order chi connectivity index (χ0) is 16.4. The van der Waals surface area contributed by atoms with Crippen molar-refractivity contribution in [1.82, 2.24) is 15.5 Å². The molecule has 1 aromatic heterocycles. The molecule has 0 aliphatic carbocycles. The molecule has 1 unspecified atom stereocenters. The number of hydrogen-bond donors (Lipinski definition) is 1. The summed E-state index contributed by atoms with van der Waals surface area (Å²) in [4.78, 5) is 4.38. The van der Waals surface area contributed by atoms with E-state index in [1.807, 2.05) is 0 Å². The molecule has 1 aliphatic heterocycles. The van der Waals surface area contributed by atoms with Crippen molar-refractivity contribution in [2.75, 3.05) is 0 Å². The Hall–Kier alpha value is -2.53. The van der Waals surface area contributed by atoms with E-state index in [2.05, 4.69) is 39.7 Å². The molecule has 0 bridgehead atoms. The van der Waals surface area contributed by atoms with E-state index in [9.17, 15) is 4.39 Å². The summed E-state index contributed by atoms with van der Waals surface area (Å²) in [7, 11) is 0. The normalized spacial score (nSPS) is 16.8. The molecule has 5 heteroatoms. The second-order valence-corrected chi connectivity index (χ2v) is 6.11. The number of rotatable bonds is 4. The predicted molar refractivity (Wildman–Crippen MR) is 88.8 cm³/mol. The first-order chi connectivity index (χ1) is 11.8. The Kier molecular flexibility index (Phi) is 4.09. The van der Waals surface area contributed by atoms with Crippen molar-refractivity contribution in [3.63, 3.8) is 0 Å². The van der Waals surface area contributed by atoms with Gasteiger partial charge in [-0.1, -0.05) is 41.6 Å². The second kappa shape index (κ2) is 6.53. The molecule has 1 aliphatic rings. The van der Waals surface area contributed by atoms with Crippen LogP contribution in [0.3, 0.4) is 0 Å². The van der Waals surface area contributed by atoms with Gasteiger partial charge < -0.3 is 9.84 Å². The lowest BCUT2D eigenvalue weighted by molar-refractivity contribution is 0.360. The monoisotopic (exact) mass is 323 g/mol. The maximum absolute atomic E-state index is 13.3. The van der Waals surface area contributed by atoms with E-state index in [-0.39, 0.29) is 5.82 Å². The number of nitrogens with one attached hydrogen (secondary N) is 1. The third-order valence-electron chi connectivity index (χ3n) is 4.42. The molecule has 0 radical (unpaired) electrons. The van der Waals surface area contributed by atoms with Crippen molar-refractivity contribution < 1.29 is 8.91 Å². The molecule has 24 heavy (non-hydrogen) atoms. The van der Waals surface area contributed by atoms with Gasteiger partial charge in [0, 0.05) is 24.6 Å². The highest BCUT2D eigenvalue weighted by Gasteiger charge is 2.18. The van der Waals surface area contributed by atoms with Crippen LogP contribution in [0, 0.1) is 5.82 Å². The van der Waals surface area contributed by atoms with Gasteiger partial charge in [0.1, 0.15) is 5.82 Å². The van der Waals surface area contributed by atoms with E-state index in [0.29, 0.717) is 29.7 Å². The Morgan fingerprint density at radius 2 is 2.00 bits per heavy atom. The van der Waals surface area contributed by atoms with E-state index in [0.717, 1.165) is 19.4 Å². The van der Waals surface area contributed by atoms with Gasteiger partial charge in [0.05, 0.1) is 0 Å². The van der Waals surface area contributed by atoms with Crippen LogP contribution >= 0.6 is 0 Å². The lowest BCUT2D eigenvalue weighted by Crippen LogP contribution is -2.35. The lowest BCUT2D eigenvalue weighted by atomic mass is 9.93. The van der Waals surface area contributed by atoms with Crippen molar-refractivity contribution in [3.8, 4) is 11.4 Å². The number of benzene rings is 2. The van der Waals surface area contributed by atoms with Crippen molar-refractivity contribution in [2.24, 2.45) is 0 Å². The minimum absolute atomic E-state index is 0.302. The Bertz CT molecular complexity index is 846. The van der Waals surface area contributed by atoms with Gasteiger partial charge in [0.25, 0.3) is 0 Å². The minimum Gasteiger partial charge on any atom is -0.339 e. The molecule has 4 rings (SSSR count). The van der Waals surface area contributed by atoms with Crippen LogP contribution in [0.25, 0.3) is 11.4 Å². The lowest BCUT2D eigenvalue weighted by Gasteiger charge is -2.25. The zero-order valence-electron chi connectivity index (χ0n) is 13.2. The SMILES string of the molecule is Fc1cccc(-c2noc(CCC3Cc4ccccc4CN3)n2)c1. The fourth-order valence-electron chi connectivity index (χ4n) is 3.12. The third-order valence-corrected chi connectivity index (χ3v) is 4.42. The Morgan fingerprint density at radius 3 is 2.88 bits per heavy atom. The smallest absolute Gasteiger partial charge is 0.227 e. The number of aromatic nitrogens is 2. The molecule has 0 saturated heterocycles. The fraction of sp³-hybridized carbons (Fsp3) is 0.263. The molecule has 0 saturated carbocycles. The van der Waals surface area contributed by atoms with Crippen molar-refractivity contribution >= 4 is 0 Å². The molecule has 0 amide bonds. The minimum atomic E-state index is -0.302. The zero-order valence-corrected chi connectivity index (χ0v) is 13.2. The van der Waals surface area contributed by atoms with Crippen molar-refractivity contribution in [2.45, 2.75) is 31.8 Å². The molecule has 3 aromatic rings. The average molecular weight is 323 g/mol. The van der Waals surface area contributed by atoms with Gasteiger partial charge in [-0.15, -0.1) is 0 Å². The highest BCUT2D eigenvalue weighted by Crippen LogP contribution is 2.20. The van der Waals surface area contributed by atoms with Gasteiger partial charge in [-0.05, 0) is 36.1 Å². The summed E-state index contributed by atoms with van der Waals surface area (Å²) >= 11 is 0. The summed E-state index contributed by atoms with van der Waals surface area (Å²) in [6.07, 6.45) is 2.66. The summed E-state index contributed by atoms with van der Waals surface area (Å²) in [5.41, 5.74) is 3.42. The molecule has 122 valence electrons. The van der Waals surface area contributed by atoms with Crippen LogP contribution in [0.2, 0.25) is 0 Å². The molecule has 0 spiro atoms. The predicted octanol–water partition coefficient (Wildman–Crippen LogP) is 3.52. The molecular formula is C19H18FN3O. The number of fused-ring (bicyclic) bond motifs is 1. The topological polar surface area (TPSA) is 51.0 Å². The second-order valence-electron chi connectivity index (χ2n) is 6.11. The first-order valence-electron chi connectivity index (χ1n) is 8.16. The van der Waals surface area contributed by atoms with Crippen LogP contribution < -0.4 is 5.32 Å². The number of halogens is 1. The summed E-state index contributed by atoms with van der Waals surface area (Å²) < 4.78 is 18.6. The molecule has 0 fully saturated rings. The number of aryl methyl sites for hydroxylation is 1.